The summed E-state index contributed by atoms with van der Waals surface area (Å²) in [5.41, 5.74) is 21.0. The van der Waals surface area contributed by atoms with E-state index in [9.17, 15) is 0 Å². The molecule has 0 unspecified atom stereocenters. The van der Waals surface area contributed by atoms with E-state index < -0.39 is 0 Å². The van der Waals surface area contributed by atoms with E-state index in [0.717, 1.165) is 11.4 Å². The standard InChI is InChI=1S/C63H60BN2S/c1-38-33-48-50(63(8,9)32-31-61(48,4)5)37-53(38)66-52-27-23-40(39-17-11-10-12-18-39)35-51(52)64-57-46(34-41-19-13-14-20-43(41)59(57)66)44-25-28-55-56(45-21-15-16-22-54(45)67-55)58(44)65-42-24-26-47-49(36-42)62(6,7)30-29-60(47,2)3/h10-28,33-37,65H,29-32H2,1-9H3. The average molecular weight is 888 g/mol. The molecule has 67 heavy (non-hydrogen) atoms. The number of benzene rings is 8. The van der Waals surface area contributed by atoms with Crippen molar-refractivity contribution >= 4 is 88.9 Å². The van der Waals surface area contributed by atoms with E-state index in [2.05, 4.69) is 225 Å². The maximum Gasteiger partial charge on any atom is 0.197 e. The van der Waals surface area contributed by atoms with Crippen LogP contribution in [0.15, 0.2) is 146 Å². The molecule has 0 atom stereocenters. The highest BCUT2D eigenvalue weighted by Crippen LogP contribution is 2.53. The molecule has 3 aliphatic rings. The summed E-state index contributed by atoms with van der Waals surface area (Å²) in [7, 11) is 2.50. The topological polar surface area (TPSA) is 15.3 Å². The number of hydrogen-bond acceptors (Lipinski definition) is 3. The molecule has 0 saturated carbocycles. The smallest absolute Gasteiger partial charge is 0.197 e. The first-order valence-corrected chi connectivity index (χ1v) is 25.3. The molecule has 1 N–H and O–H groups in total. The molecule has 9 aromatic rings. The molecule has 0 saturated heterocycles. The Bertz CT molecular complexity index is 3500. The maximum absolute atomic E-state index is 4.19. The summed E-state index contributed by atoms with van der Waals surface area (Å²) in [4.78, 5) is 2.64. The van der Waals surface area contributed by atoms with Gasteiger partial charge < -0.3 is 10.2 Å². The Morgan fingerprint density at radius 2 is 1.15 bits per heavy atom. The minimum Gasteiger partial charge on any atom is -0.354 e. The van der Waals surface area contributed by atoms with Gasteiger partial charge in [-0.3, -0.25) is 0 Å². The van der Waals surface area contributed by atoms with Crippen LogP contribution in [0.25, 0.3) is 53.2 Å². The Balaban J connectivity index is 1.15. The Hall–Kier alpha value is -6.10. The van der Waals surface area contributed by atoms with Gasteiger partial charge in [-0.2, -0.15) is 0 Å². The van der Waals surface area contributed by atoms with E-state index in [1.54, 1.807) is 0 Å². The van der Waals surface area contributed by atoms with Gasteiger partial charge in [-0.15, -0.1) is 11.3 Å². The van der Waals surface area contributed by atoms with Gasteiger partial charge in [-0.25, -0.2) is 0 Å². The summed E-state index contributed by atoms with van der Waals surface area (Å²) in [6.07, 6.45) is 4.72. The average Bonchev–Trinajstić information content (AvgIpc) is 3.71. The van der Waals surface area contributed by atoms with Crippen molar-refractivity contribution < 1.29 is 0 Å². The molecule has 0 amide bonds. The Kier molecular flexibility index (Phi) is 9.43. The van der Waals surface area contributed by atoms with Crippen molar-refractivity contribution in [3.05, 3.63) is 173 Å². The zero-order chi connectivity index (χ0) is 46.2. The van der Waals surface area contributed by atoms with Gasteiger partial charge >= 0.3 is 0 Å². The highest BCUT2D eigenvalue weighted by molar-refractivity contribution is 7.26. The normalized spacial score (nSPS) is 17.4. The second kappa shape index (κ2) is 15.0. The first-order valence-electron chi connectivity index (χ1n) is 24.5. The highest BCUT2D eigenvalue weighted by atomic mass is 32.1. The fourth-order valence-corrected chi connectivity index (χ4v) is 13.2. The first-order chi connectivity index (χ1) is 32.1. The second-order valence-corrected chi connectivity index (χ2v) is 23.7. The van der Waals surface area contributed by atoms with Crippen molar-refractivity contribution in [2.75, 3.05) is 10.2 Å². The van der Waals surface area contributed by atoms with Crippen molar-refractivity contribution in [3.63, 3.8) is 0 Å². The summed E-state index contributed by atoms with van der Waals surface area (Å²) in [6.45, 7) is 21.8. The summed E-state index contributed by atoms with van der Waals surface area (Å²) in [5, 5.41) is 9.25. The lowest BCUT2D eigenvalue weighted by atomic mass is 9.57. The predicted molar refractivity (Wildman–Crippen MR) is 292 cm³/mol. The molecule has 1 radical (unpaired) electrons. The van der Waals surface area contributed by atoms with Crippen LogP contribution >= 0.6 is 11.3 Å². The number of nitrogens with one attached hydrogen (secondary N) is 1. The first kappa shape index (κ1) is 42.3. The molecule has 2 aliphatic carbocycles. The van der Waals surface area contributed by atoms with E-state index in [4.69, 9.17) is 0 Å². The second-order valence-electron chi connectivity index (χ2n) is 22.6. The molecular weight excluding hydrogens is 828 g/mol. The molecule has 8 aromatic carbocycles. The summed E-state index contributed by atoms with van der Waals surface area (Å²) in [5.74, 6) is 0. The van der Waals surface area contributed by atoms with Crippen LogP contribution in [-0.2, 0) is 21.7 Å². The SMILES string of the molecule is Cc1cc2c(cc1N1c3ccc(-c4ccccc4)cc3[B]c3c(-c4ccc5sc6ccccc6c5c4Nc4ccc5c(c4)C(C)(C)CCC5(C)C)cc4ccccc4c31)C(C)(C)CCC2(C)C. The third kappa shape index (κ3) is 6.72. The maximum atomic E-state index is 4.19. The number of aryl methyl sites for hydroxylation is 1. The molecule has 2 heterocycles. The summed E-state index contributed by atoms with van der Waals surface area (Å²) < 4.78 is 2.60. The van der Waals surface area contributed by atoms with Crippen molar-refractivity contribution in [3.8, 4) is 22.3 Å². The van der Waals surface area contributed by atoms with Crippen LogP contribution in [0.3, 0.4) is 0 Å². The van der Waals surface area contributed by atoms with Gasteiger partial charge in [0.1, 0.15) is 0 Å². The number of hydrogen-bond donors (Lipinski definition) is 1. The number of rotatable bonds is 5. The number of thiophene rings is 1. The third-order valence-electron chi connectivity index (χ3n) is 16.3. The predicted octanol–water partition coefficient (Wildman–Crippen LogP) is 16.7. The lowest BCUT2D eigenvalue weighted by molar-refractivity contribution is 0.332. The zero-order valence-electron chi connectivity index (χ0n) is 40.6. The van der Waals surface area contributed by atoms with Crippen LogP contribution in [0.2, 0.25) is 0 Å². The third-order valence-corrected chi connectivity index (χ3v) is 17.5. The summed E-state index contributed by atoms with van der Waals surface area (Å²) >= 11 is 1.89. The molecule has 12 rings (SSSR count). The van der Waals surface area contributed by atoms with Crippen LogP contribution in [0.4, 0.5) is 28.4 Å². The van der Waals surface area contributed by atoms with Crippen molar-refractivity contribution in [2.45, 2.75) is 110 Å². The zero-order valence-corrected chi connectivity index (χ0v) is 41.4. The summed E-state index contributed by atoms with van der Waals surface area (Å²) in [6, 6.07) is 55.6. The molecule has 0 bridgehead atoms. The fraction of sp³-hybridized carbons (Fsp3) is 0.270. The minimum absolute atomic E-state index is 0.0584. The fourth-order valence-electron chi connectivity index (χ4n) is 12.1. The van der Waals surface area contributed by atoms with Gasteiger partial charge in [0.05, 0.1) is 5.69 Å². The molecular formula is C63H60BN2S. The highest BCUT2D eigenvalue weighted by Gasteiger charge is 2.40. The van der Waals surface area contributed by atoms with Crippen molar-refractivity contribution in [2.24, 2.45) is 0 Å². The van der Waals surface area contributed by atoms with Gasteiger partial charge in [0, 0.05) is 53.9 Å². The molecule has 0 fully saturated rings. The Labute approximate surface area is 402 Å². The van der Waals surface area contributed by atoms with Crippen LogP contribution in [-0.4, -0.2) is 7.28 Å². The van der Waals surface area contributed by atoms with E-state index in [-0.39, 0.29) is 21.7 Å². The van der Waals surface area contributed by atoms with Crippen molar-refractivity contribution in [1.82, 2.24) is 0 Å². The van der Waals surface area contributed by atoms with Gasteiger partial charge in [0.25, 0.3) is 0 Å². The van der Waals surface area contributed by atoms with E-state index in [0.29, 0.717) is 0 Å². The number of nitrogens with zero attached hydrogens (tertiary/aromatic N) is 1. The monoisotopic (exact) mass is 887 g/mol. The van der Waals surface area contributed by atoms with Crippen molar-refractivity contribution in [1.29, 1.82) is 0 Å². The quantitative estimate of drug-likeness (QED) is 0.173. The Morgan fingerprint density at radius 1 is 0.507 bits per heavy atom. The molecule has 0 spiro atoms. The minimum atomic E-state index is 0.0584. The van der Waals surface area contributed by atoms with Gasteiger partial charge in [-0.05, 0) is 152 Å². The molecule has 1 aromatic heterocycles. The van der Waals surface area contributed by atoms with E-state index in [1.165, 1.54) is 135 Å². The molecule has 2 nitrogen and oxygen atoms in total. The lowest BCUT2D eigenvalue weighted by Gasteiger charge is -2.44. The number of anilines is 5. The van der Waals surface area contributed by atoms with Gasteiger partial charge in [-0.1, -0.05) is 164 Å². The van der Waals surface area contributed by atoms with Crippen LogP contribution in [0.5, 0.6) is 0 Å². The van der Waals surface area contributed by atoms with E-state index >= 15 is 0 Å². The largest absolute Gasteiger partial charge is 0.354 e. The van der Waals surface area contributed by atoms with Gasteiger partial charge in [0.2, 0.25) is 0 Å². The van der Waals surface area contributed by atoms with Crippen LogP contribution in [0, 0.1) is 6.92 Å². The van der Waals surface area contributed by atoms with Crippen LogP contribution < -0.4 is 21.1 Å². The molecule has 331 valence electrons. The Morgan fingerprint density at radius 3 is 1.90 bits per heavy atom. The molecule has 4 heteroatoms. The number of fused-ring (bicyclic) bond motifs is 9. The van der Waals surface area contributed by atoms with Gasteiger partial charge in [0.15, 0.2) is 7.28 Å². The molecule has 1 aliphatic heterocycles. The van der Waals surface area contributed by atoms with Crippen LogP contribution in [0.1, 0.15) is 109 Å². The lowest BCUT2D eigenvalue weighted by Crippen LogP contribution is -2.41. The van der Waals surface area contributed by atoms with E-state index in [1.807, 2.05) is 11.3 Å².